The number of rotatable bonds is 7. The summed E-state index contributed by atoms with van der Waals surface area (Å²) in [6, 6.07) is 17.8. The van der Waals surface area contributed by atoms with Gasteiger partial charge in [0.1, 0.15) is 5.71 Å². The molecule has 29 heavy (non-hydrogen) atoms. The van der Waals surface area contributed by atoms with E-state index in [2.05, 4.69) is 10.1 Å². The Morgan fingerprint density at radius 1 is 0.828 bits per heavy atom. The summed E-state index contributed by atoms with van der Waals surface area (Å²) in [6.07, 6.45) is 1.65. The number of pyridine rings is 1. The van der Waals surface area contributed by atoms with Crippen LogP contribution in [0.3, 0.4) is 0 Å². The first kappa shape index (κ1) is 19.9. The van der Waals surface area contributed by atoms with Crippen LogP contribution in [0.1, 0.15) is 21.6 Å². The Morgan fingerprint density at radius 3 is 2.03 bits per heavy atom. The van der Waals surface area contributed by atoms with Gasteiger partial charge >= 0.3 is 5.97 Å². The summed E-state index contributed by atoms with van der Waals surface area (Å²) in [5.74, 6) is 0.397. The van der Waals surface area contributed by atoms with Gasteiger partial charge in [0.05, 0.1) is 32.6 Å². The lowest BCUT2D eigenvalue weighted by Gasteiger charge is -2.13. The van der Waals surface area contributed by atoms with Crippen LogP contribution in [-0.2, 0) is 4.84 Å². The molecule has 0 radical (unpaired) electrons. The van der Waals surface area contributed by atoms with E-state index in [0.717, 1.165) is 5.56 Å². The molecule has 0 bridgehead atoms. The van der Waals surface area contributed by atoms with Crippen molar-refractivity contribution in [3.05, 3.63) is 83.7 Å². The maximum absolute atomic E-state index is 12.6. The fourth-order valence-corrected chi connectivity index (χ4v) is 2.68. The molecular formula is C22H20N2O5. The topological polar surface area (TPSA) is 79.2 Å². The number of methoxy groups -OCH3 is 3. The van der Waals surface area contributed by atoms with Crippen molar-refractivity contribution in [2.75, 3.05) is 21.3 Å². The first-order chi connectivity index (χ1) is 14.2. The number of carbonyl (C=O) groups excluding carboxylic acids is 1. The summed E-state index contributed by atoms with van der Waals surface area (Å²) in [5, 5.41) is 4.09. The van der Waals surface area contributed by atoms with Crippen molar-refractivity contribution in [2.45, 2.75) is 0 Å². The number of nitrogens with zero attached hydrogens (tertiary/aromatic N) is 2. The third-order valence-electron chi connectivity index (χ3n) is 4.08. The van der Waals surface area contributed by atoms with E-state index in [0.29, 0.717) is 28.7 Å². The zero-order chi connectivity index (χ0) is 20.6. The highest BCUT2D eigenvalue weighted by Crippen LogP contribution is 2.38. The number of hydrogen-bond acceptors (Lipinski definition) is 7. The van der Waals surface area contributed by atoms with Crippen LogP contribution >= 0.6 is 0 Å². The van der Waals surface area contributed by atoms with Gasteiger partial charge in [0, 0.05) is 11.8 Å². The van der Waals surface area contributed by atoms with Gasteiger partial charge in [-0.3, -0.25) is 4.98 Å². The first-order valence-electron chi connectivity index (χ1n) is 8.74. The van der Waals surface area contributed by atoms with Crippen molar-refractivity contribution < 1.29 is 23.8 Å². The second kappa shape index (κ2) is 9.36. The molecule has 3 aromatic rings. The molecule has 0 aliphatic heterocycles. The second-order valence-corrected chi connectivity index (χ2v) is 5.81. The zero-order valence-corrected chi connectivity index (χ0v) is 16.3. The Balaban J connectivity index is 1.95. The largest absolute Gasteiger partial charge is 0.493 e. The van der Waals surface area contributed by atoms with Crippen molar-refractivity contribution in [2.24, 2.45) is 5.16 Å². The Morgan fingerprint density at radius 2 is 1.48 bits per heavy atom. The fraction of sp³-hybridized carbons (Fsp3) is 0.136. The van der Waals surface area contributed by atoms with Gasteiger partial charge in [-0.05, 0) is 24.3 Å². The molecule has 0 saturated carbocycles. The van der Waals surface area contributed by atoms with Gasteiger partial charge in [-0.15, -0.1) is 0 Å². The summed E-state index contributed by atoms with van der Waals surface area (Å²) >= 11 is 0. The van der Waals surface area contributed by atoms with Gasteiger partial charge < -0.3 is 19.0 Å². The third kappa shape index (κ3) is 4.52. The number of aromatic nitrogens is 1. The summed E-state index contributed by atoms with van der Waals surface area (Å²) in [7, 11) is 4.43. The average molecular weight is 392 g/mol. The maximum Gasteiger partial charge on any atom is 0.366 e. The molecule has 2 aromatic carbocycles. The Labute approximate surface area is 168 Å². The number of carbonyl (C=O) groups is 1. The Kier molecular flexibility index (Phi) is 6.42. The number of hydrogen-bond donors (Lipinski definition) is 0. The van der Waals surface area contributed by atoms with Crippen LogP contribution in [0.5, 0.6) is 17.2 Å². The zero-order valence-electron chi connectivity index (χ0n) is 16.3. The van der Waals surface area contributed by atoms with Crippen LogP contribution in [0.4, 0.5) is 0 Å². The van der Waals surface area contributed by atoms with Crippen molar-refractivity contribution in [1.82, 2.24) is 4.98 Å². The van der Waals surface area contributed by atoms with Crippen LogP contribution in [0.2, 0.25) is 0 Å². The number of oxime groups is 1. The molecule has 0 aliphatic carbocycles. The summed E-state index contributed by atoms with van der Waals surface area (Å²) in [5.41, 5.74) is 1.99. The highest BCUT2D eigenvalue weighted by atomic mass is 16.7. The monoisotopic (exact) mass is 392 g/mol. The van der Waals surface area contributed by atoms with Crippen LogP contribution in [-0.4, -0.2) is 38.0 Å². The van der Waals surface area contributed by atoms with E-state index in [9.17, 15) is 4.79 Å². The predicted molar refractivity (Wildman–Crippen MR) is 108 cm³/mol. The smallest absolute Gasteiger partial charge is 0.366 e. The van der Waals surface area contributed by atoms with Crippen LogP contribution in [0.15, 0.2) is 72.0 Å². The third-order valence-corrected chi connectivity index (χ3v) is 4.08. The number of benzene rings is 2. The molecule has 0 atom stereocenters. The van der Waals surface area contributed by atoms with E-state index in [1.807, 2.05) is 36.4 Å². The molecule has 1 aromatic heterocycles. The SMILES string of the molecule is COc1cc(C(=O)O/N=C(/c2ccccc2)c2ccccn2)cc(OC)c1OC. The van der Waals surface area contributed by atoms with Crippen molar-refractivity contribution in [1.29, 1.82) is 0 Å². The van der Waals surface area contributed by atoms with Gasteiger partial charge in [0.25, 0.3) is 0 Å². The highest BCUT2D eigenvalue weighted by molar-refractivity contribution is 6.11. The molecule has 0 saturated heterocycles. The van der Waals surface area contributed by atoms with Gasteiger partial charge in [0.15, 0.2) is 11.5 Å². The molecule has 148 valence electrons. The molecule has 7 heteroatoms. The molecular weight excluding hydrogens is 372 g/mol. The van der Waals surface area contributed by atoms with Crippen LogP contribution in [0.25, 0.3) is 0 Å². The lowest BCUT2D eigenvalue weighted by atomic mass is 10.1. The summed E-state index contributed by atoms with van der Waals surface area (Å²) in [4.78, 5) is 22.2. The molecule has 0 unspecified atom stereocenters. The minimum absolute atomic E-state index is 0.205. The Hall–Kier alpha value is -3.87. The number of ether oxygens (including phenoxy) is 3. The quantitative estimate of drug-likeness (QED) is 0.346. The van der Waals surface area contributed by atoms with E-state index in [1.165, 1.54) is 33.5 Å². The standard InChI is InChI=1S/C22H20N2O5/c1-26-18-13-16(14-19(27-2)21(18)28-3)22(25)29-24-20(15-9-5-4-6-10-15)17-11-7-8-12-23-17/h4-14H,1-3H3/b24-20-. The fourth-order valence-electron chi connectivity index (χ4n) is 2.68. The minimum Gasteiger partial charge on any atom is -0.493 e. The molecule has 0 aliphatic rings. The van der Waals surface area contributed by atoms with E-state index in [1.54, 1.807) is 18.3 Å². The van der Waals surface area contributed by atoms with Gasteiger partial charge in [-0.2, -0.15) is 0 Å². The van der Waals surface area contributed by atoms with E-state index in [4.69, 9.17) is 19.0 Å². The second-order valence-electron chi connectivity index (χ2n) is 5.81. The highest BCUT2D eigenvalue weighted by Gasteiger charge is 2.19. The lowest BCUT2D eigenvalue weighted by molar-refractivity contribution is 0.0516. The molecule has 7 nitrogen and oxygen atoms in total. The van der Waals surface area contributed by atoms with Gasteiger partial charge in [0.2, 0.25) is 5.75 Å². The first-order valence-corrected chi connectivity index (χ1v) is 8.74. The molecule has 0 spiro atoms. The normalized spacial score (nSPS) is 10.9. The molecule has 3 rings (SSSR count). The molecule has 1 heterocycles. The van der Waals surface area contributed by atoms with Crippen molar-refractivity contribution in [3.8, 4) is 17.2 Å². The van der Waals surface area contributed by atoms with E-state index in [-0.39, 0.29) is 5.56 Å². The summed E-state index contributed by atoms with van der Waals surface area (Å²) < 4.78 is 15.8. The van der Waals surface area contributed by atoms with Crippen LogP contribution < -0.4 is 14.2 Å². The maximum atomic E-state index is 12.6. The molecule has 0 N–H and O–H groups in total. The lowest BCUT2D eigenvalue weighted by Crippen LogP contribution is -2.09. The molecule has 0 amide bonds. The average Bonchev–Trinajstić information content (AvgIpc) is 2.79. The van der Waals surface area contributed by atoms with Gasteiger partial charge in [-0.25, -0.2) is 4.79 Å². The van der Waals surface area contributed by atoms with E-state index >= 15 is 0 Å². The Bertz CT molecular complexity index is 938. The predicted octanol–water partition coefficient (Wildman–Crippen LogP) is 3.72. The minimum atomic E-state index is -0.673. The van der Waals surface area contributed by atoms with Crippen molar-refractivity contribution >= 4 is 11.7 Å². The summed E-state index contributed by atoms with van der Waals surface area (Å²) in [6.45, 7) is 0. The van der Waals surface area contributed by atoms with E-state index < -0.39 is 5.97 Å². The van der Waals surface area contributed by atoms with Crippen LogP contribution in [0, 0.1) is 0 Å². The van der Waals surface area contributed by atoms with Gasteiger partial charge in [-0.1, -0.05) is 41.6 Å². The molecule has 0 fully saturated rings. The van der Waals surface area contributed by atoms with Crippen molar-refractivity contribution in [3.63, 3.8) is 0 Å².